The van der Waals surface area contributed by atoms with E-state index in [1.165, 1.54) is 11.1 Å². The van der Waals surface area contributed by atoms with Gasteiger partial charge in [0.15, 0.2) is 0 Å². The van der Waals surface area contributed by atoms with Gasteiger partial charge < -0.3 is 19.9 Å². The second kappa shape index (κ2) is 9.97. The number of aromatic amines is 1. The Morgan fingerprint density at radius 3 is 2.59 bits per heavy atom. The van der Waals surface area contributed by atoms with Crippen molar-refractivity contribution < 1.29 is 9.53 Å². The summed E-state index contributed by atoms with van der Waals surface area (Å²) in [4.78, 5) is 16.4. The van der Waals surface area contributed by atoms with Gasteiger partial charge in [-0.15, -0.1) is 0 Å². The van der Waals surface area contributed by atoms with Gasteiger partial charge in [-0.3, -0.25) is 9.89 Å². The third kappa shape index (κ3) is 5.05. The minimum absolute atomic E-state index is 0.157. The Kier molecular flexibility index (Phi) is 6.44. The molecular formula is C27H29N5O2. The van der Waals surface area contributed by atoms with E-state index in [-0.39, 0.29) is 5.91 Å². The molecule has 1 aliphatic heterocycles. The van der Waals surface area contributed by atoms with Gasteiger partial charge in [0.1, 0.15) is 5.75 Å². The third-order valence-corrected chi connectivity index (χ3v) is 6.25. The van der Waals surface area contributed by atoms with E-state index in [1.807, 2.05) is 23.2 Å². The molecule has 1 saturated heterocycles. The first-order valence-corrected chi connectivity index (χ1v) is 11.6. The lowest BCUT2D eigenvalue weighted by atomic mass is 10.1. The van der Waals surface area contributed by atoms with Gasteiger partial charge >= 0.3 is 0 Å². The highest BCUT2D eigenvalue weighted by atomic mass is 16.5. The van der Waals surface area contributed by atoms with Crippen molar-refractivity contribution in [3.8, 4) is 5.75 Å². The maximum atomic E-state index is 12.1. The van der Waals surface area contributed by atoms with Gasteiger partial charge in [-0.1, -0.05) is 36.4 Å². The van der Waals surface area contributed by atoms with Crippen molar-refractivity contribution in [1.29, 1.82) is 0 Å². The molecule has 0 spiro atoms. The Balaban J connectivity index is 1.38. The van der Waals surface area contributed by atoms with Gasteiger partial charge in [-0.05, 0) is 47.0 Å². The third-order valence-electron chi connectivity index (χ3n) is 6.25. The predicted molar refractivity (Wildman–Crippen MR) is 134 cm³/mol. The Labute approximate surface area is 199 Å². The number of amides is 1. The van der Waals surface area contributed by atoms with E-state index in [1.54, 1.807) is 7.11 Å². The van der Waals surface area contributed by atoms with Gasteiger partial charge in [0.05, 0.1) is 25.4 Å². The summed E-state index contributed by atoms with van der Waals surface area (Å²) in [6.45, 7) is 4.16. The predicted octanol–water partition coefficient (Wildman–Crippen LogP) is 3.71. The number of aromatic nitrogens is 2. The monoisotopic (exact) mass is 455 g/mol. The summed E-state index contributed by atoms with van der Waals surface area (Å²) >= 11 is 0. The van der Waals surface area contributed by atoms with Gasteiger partial charge in [0.25, 0.3) is 0 Å². The number of ether oxygens (including phenoxy) is 1. The summed E-state index contributed by atoms with van der Waals surface area (Å²) in [7, 11) is 1.69. The molecule has 1 fully saturated rings. The largest absolute Gasteiger partial charge is 0.497 e. The zero-order valence-corrected chi connectivity index (χ0v) is 19.3. The standard InChI is InChI=1S/C27H29N5O2/c1-34-25-4-2-3-21(13-25)18-32(19-22-5-8-23-15-29-30-26(23)14-22)24-9-6-20(7-10-24)17-31-12-11-28-16-27(31)33/h2-10,13-15,28H,11-12,16-19H2,1H3,(H,29,30). The van der Waals surface area contributed by atoms with E-state index >= 15 is 0 Å². The van der Waals surface area contributed by atoms with Crippen molar-refractivity contribution in [3.63, 3.8) is 0 Å². The van der Waals surface area contributed by atoms with Gasteiger partial charge in [-0.2, -0.15) is 5.10 Å². The number of hydrogen-bond acceptors (Lipinski definition) is 5. The molecule has 174 valence electrons. The number of benzene rings is 3. The van der Waals surface area contributed by atoms with E-state index in [4.69, 9.17) is 4.74 Å². The minimum Gasteiger partial charge on any atom is -0.497 e. The summed E-state index contributed by atoms with van der Waals surface area (Å²) < 4.78 is 5.43. The van der Waals surface area contributed by atoms with Crippen LogP contribution < -0.4 is 15.0 Å². The van der Waals surface area contributed by atoms with E-state index in [0.717, 1.165) is 54.1 Å². The number of methoxy groups -OCH3 is 1. The molecule has 0 aliphatic carbocycles. The lowest BCUT2D eigenvalue weighted by Crippen LogP contribution is -2.47. The molecule has 7 nitrogen and oxygen atoms in total. The molecule has 7 heteroatoms. The number of carbonyl (C=O) groups is 1. The average molecular weight is 456 g/mol. The number of hydrogen-bond donors (Lipinski definition) is 2. The first-order chi connectivity index (χ1) is 16.7. The van der Waals surface area contributed by atoms with Crippen molar-refractivity contribution in [2.24, 2.45) is 0 Å². The molecule has 0 unspecified atom stereocenters. The molecule has 2 heterocycles. The van der Waals surface area contributed by atoms with E-state index < -0.39 is 0 Å². The topological polar surface area (TPSA) is 73.5 Å². The fourth-order valence-corrected chi connectivity index (χ4v) is 4.38. The molecule has 1 amide bonds. The summed E-state index contributed by atoms with van der Waals surface area (Å²) in [6, 6.07) is 23.2. The van der Waals surface area contributed by atoms with Crippen LogP contribution in [0.2, 0.25) is 0 Å². The molecule has 34 heavy (non-hydrogen) atoms. The SMILES string of the molecule is COc1cccc(CN(Cc2ccc3cn[nH]c3c2)c2ccc(CN3CCNCC3=O)cc2)c1. The van der Waals surface area contributed by atoms with Gasteiger partial charge in [0.2, 0.25) is 5.91 Å². The molecule has 0 bridgehead atoms. The fraction of sp³-hybridized carbons (Fsp3) is 0.259. The van der Waals surface area contributed by atoms with Gasteiger partial charge in [-0.25, -0.2) is 0 Å². The number of H-pyrrole nitrogens is 1. The number of carbonyl (C=O) groups excluding carboxylic acids is 1. The van der Waals surface area contributed by atoms with Crippen LogP contribution in [0.5, 0.6) is 5.75 Å². The van der Waals surface area contributed by atoms with Crippen LogP contribution in [-0.2, 0) is 24.4 Å². The maximum absolute atomic E-state index is 12.1. The highest BCUT2D eigenvalue weighted by molar-refractivity contribution is 5.79. The van der Waals surface area contributed by atoms with Crippen LogP contribution in [0.15, 0.2) is 72.9 Å². The summed E-state index contributed by atoms with van der Waals surface area (Å²) in [5.41, 5.74) is 5.68. The van der Waals surface area contributed by atoms with Crippen LogP contribution in [0.1, 0.15) is 16.7 Å². The van der Waals surface area contributed by atoms with Crippen LogP contribution in [0, 0.1) is 0 Å². The molecule has 3 aromatic carbocycles. The Hall–Kier alpha value is -3.84. The number of fused-ring (bicyclic) bond motifs is 1. The zero-order chi connectivity index (χ0) is 23.3. The number of piperazine rings is 1. The lowest BCUT2D eigenvalue weighted by molar-refractivity contribution is -0.132. The molecule has 1 aromatic heterocycles. The Morgan fingerprint density at radius 1 is 1.00 bits per heavy atom. The Bertz CT molecular complexity index is 1270. The normalized spacial score (nSPS) is 13.9. The lowest BCUT2D eigenvalue weighted by Gasteiger charge is -2.28. The first kappa shape index (κ1) is 22.0. The molecule has 0 saturated carbocycles. The van der Waals surface area contributed by atoms with Crippen LogP contribution in [0.25, 0.3) is 10.9 Å². The quantitative estimate of drug-likeness (QED) is 0.424. The minimum atomic E-state index is 0.157. The van der Waals surface area contributed by atoms with Crippen molar-refractivity contribution in [1.82, 2.24) is 20.4 Å². The van der Waals surface area contributed by atoms with Gasteiger partial charge in [0, 0.05) is 43.8 Å². The summed E-state index contributed by atoms with van der Waals surface area (Å²) in [6.07, 6.45) is 1.84. The fourth-order valence-electron chi connectivity index (χ4n) is 4.38. The molecule has 0 atom stereocenters. The molecular weight excluding hydrogens is 426 g/mol. The van der Waals surface area contributed by atoms with Crippen LogP contribution in [-0.4, -0.2) is 47.7 Å². The van der Waals surface area contributed by atoms with Crippen LogP contribution in [0.3, 0.4) is 0 Å². The smallest absolute Gasteiger partial charge is 0.236 e. The molecule has 0 radical (unpaired) electrons. The summed E-state index contributed by atoms with van der Waals surface area (Å²) in [5, 5.41) is 11.4. The number of nitrogens with zero attached hydrogens (tertiary/aromatic N) is 3. The van der Waals surface area contributed by atoms with Crippen molar-refractivity contribution >= 4 is 22.5 Å². The van der Waals surface area contributed by atoms with Crippen LogP contribution in [0.4, 0.5) is 5.69 Å². The zero-order valence-electron chi connectivity index (χ0n) is 19.3. The molecule has 1 aliphatic rings. The van der Waals surface area contributed by atoms with E-state index in [2.05, 4.69) is 75.0 Å². The second-order valence-corrected chi connectivity index (χ2v) is 8.66. The summed E-state index contributed by atoms with van der Waals surface area (Å²) in [5.74, 6) is 1.01. The number of anilines is 1. The van der Waals surface area contributed by atoms with Crippen LogP contribution >= 0.6 is 0 Å². The average Bonchev–Trinajstić information content (AvgIpc) is 3.34. The second-order valence-electron chi connectivity index (χ2n) is 8.66. The van der Waals surface area contributed by atoms with E-state index in [9.17, 15) is 4.79 Å². The number of nitrogens with one attached hydrogen (secondary N) is 2. The van der Waals surface area contributed by atoms with Crippen molar-refractivity contribution in [2.45, 2.75) is 19.6 Å². The number of rotatable bonds is 8. The Morgan fingerprint density at radius 2 is 1.79 bits per heavy atom. The maximum Gasteiger partial charge on any atom is 0.236 e. The van der Waals surface area contributed by atoms with Crippen molar-refractivity contribution in [3.05, 3.63) is 89.6 Å². The highest BCUT2D eigenvalue weighted by Crippen LogP contribution is 2.24. The van der Waals surface area contributed by atoms with Crippen molar-refractivity contribution in [2.75, 3.05) is 31.6 Å². The first-order valence-electron chi connectivity index (χ1n) is 11.6. The van der Waals surface area contributed by atoms with E-state index in [0.29, 0.717) is 13.1 Å². The molecule has 2 N–H and O–H groups in total. The molecule has 4 aromatic rings. The highest BCUT2D eigenvalue weighted by Gasteiger charge is 2.18. The molecule has 5 rings (SSSR count).